The van der Waals surface area contributed by atoms with Crippen molar-refractivity contribution in [3.8, 4) is 0 Å². The van der Waals surface area contributed by atoms with Crippen LogP contribution in [0.5, 0.6) is 0 Å². The summed E-state index contributed by atoms with van der Waals surface area (Å²) in [6, 6.07) is 3.75. The van der Waals surface area contributed by atoms with Crippen molar-refractivity contribution in [2.24, 2.45) is 0 Å². The van der Waals surface area contributed by atoms with Gasteiger partial charge in [-0.05, 0) is 18.7 Å². The fraction of sp³-hybridized carbons (Fsp3) is 0.400. The number of piperazine rings is 1. The van der Waals surface area contributed by atoms with E-state index in [1.807, 2.05) is 12.1 Å². The zero-order valence-corrected chi connectivity index (χ0v) is 12.7. The number of pyridine rings is 1. The predicted molar refractivity (Wildman–Crippen MR) is 88.3 cm³/mol. The Morgan fingerprint density at radius 3 is 2.55 bits per heavy atom. The molecule has 0 spiro atoms. The van der Waals surface area contributed by atoms with E-state index in [1.165, 1.54) is 0 Å². The van der Waals surface area contributed by atoms with E-state index in [2.05, 4.69) is 37.0 Å². The smallest absolute Gasteiger partial charge is 0.159 e. The molecule has 0 aromatic carbocycles. The maximum atomic E-state index is 6.27. The first-order valence-corrected chi connectivity index (χ1v) is 7.52. The lowest BCUT2D eigenvalue weighted by Gasteiger charge is -2.35. The number of nitrogens with one attached hydrogen (secondary N) is 1. The molecule has 3 heterocycles. The number of hydrogen-bond acceptors (Lipinski definition) is 7. The minimum atomic E-state index is 0.587. The molecule has 116 valence electrons. The number of hydrogen-bond donors (Lipinski definition) is 2. The molecule has 1 saturated heterocycles. The Labute approximate surface area is 130 Å². The van der Waals surface area contributed by atoms with E-state index >= 15 is 0 Å². The van der Waals surface area contributed by atoms with E-state index in [9.17, 15) is 0 Å². The number of anilines is 4. The Balaban J connectivity index is 1.77. The third kappa shape index (κ3) is 3.09. The molecule has 0 radical (unpaired) electrons. The quantitative estimate of drug-likeness (QED) is 0.881. The van der Waals surface area contributed by atoms with E-state index in [0.29, 0.717) is 11.5 Å². The van der Waals surface area contributed by atoms with Gasteiger partial charge < -0.3 is 20.9 Å². The monoisotopic (exact) mass is 299 g/mol. The van der Waals surface area contributed by atoms with Crippen LogP contribution in [0.4, 0.5) is 23.0 Å². The third-order valence-corrected chi connectivity index (χ3v) is 3.92. The lowest BCUT2D eigenvalue weighted by molar-refractivity contribution is 0.270. The van der Waals surface area contributed by atoms with E-state index in [1.54, 1.807) is 18.7 Å². The highest BCUT2D eigenvalue weighted by Gasteiger charge is 2.20. The van der Waals surface area contributed by atoms with Gasteiger partial charge in [0.25, 0.3) is 0 Å². The average molecular weight is 299 g/mol. The van der Waals surface area contributed by atoms with Crippen LogP contribution in [-0.2, 0) is 0 Å². The topological polar surface area (TPSA) is 83.2 Å². The molecule has 0 amide bonds. The van der Waals surface area contributed by atoms with Gasteiger partial charge in [0.2, 0.25) is 0 Å². The van der Waals surface area contributed by atoms with Crippen LogP contribution in [-0.4, -0.2) is 52.6 Å². The van der Waals surface area contributed by atoms with Crippen molar-refractivity contribution < 1.29 is 0 Å². The van der Waals surface area contributed by atoms with Crippen LogP contribution in [0.1, 0.15) is 6.92 Å². The van der Waals surface area contributed by atoms with Crippen LogP contribution in [0.15, 0.2) is 30.9 Å². The molecule has 2 aromatic rings. The molecular formula is C15H21N7. The van der Waals surface area contributed by atoms with E-state index in [0.717, 1.165) is 44.2 Å². The lowest BCUT2D eigenvalue weighted by atomic mass is 10.3. The number of nitrogens with zero attached hydrogens (tertiary/aromatic N) is 5. The Kier molecular flexibility index (Phi) is 4.34. The van der Waals surface area contributed by atoms with Gasteiger partial charge in [-0.1, -0.05) is 6.92 Å². The van der Waals surface area contributed by atoms with Crippen LogP contribution in [0.3, 0.4) is 0 Å². The summed E-state index contributed by atoms with van der Waals surface area (Å²) in [7, 11) is 0. The number of aromatic nitrogens is 3. The Morgan fingerprint density at radius 2 is 1.86 bits per heavy atom. The highest BCUT2D eigenvalue weighted by Crippen LogP contribution is 2.28. The van der Waals surface area contributed by atoms with E-state index in [-0.39, 0.29) is 0 Å². The molecule has 0 saturated carbocycles. The molecule has 7 nitrogen and oxygen atoms in total. The highest BCUT2D eigenvalue weighted by molar-refractivity contribution is 5.78. The first kappa shape index (κ1) is 14.5. The second-order valence-electron chi connectivity index (χ2n) is 5.24. The molecule has 3 rings (SSSR count). The number of likely N-dealkylation sites (N-methyl/N-ethyl adjacent to an activating group) is 1. The summed E-state index contributed by atoms with van der Waals surface area (Å²) in [6.07, 6.45) is 5.01. The molecule has 2 aromatic heterocycles. The van der Waals surface area contributed by atoms with Gasteiger partial charge in [-0.2, -0.15) is 0 Å². The van der Waals surface area contributed by atoms with Crippen molar-refractivity contribution >= 4 is 23.0 Å². The van der Waals surface area contributed by atoms with Gasteiger partial charge >= 0.3 is 0 Å². The van der Waals surface area contributed by atoms with Gasteiger partial charge in [0.05, 0.1) is 0 Å². The number of nitrogens with two attached hydrogens (primary N) is 1. The van der Waals surface area contributed by atoms with E-state index in [4.69, 9.17) is 5.73 Å². The first-order chi connectivity index (χ1) is 10.8. The van der Waals surface area contributed by atoms with Gasteiger partial charge in [-0.15, -0.1) is 0 Å². The van der Waals surface area contributed by atoms with Crippen LogP contribution >= 0.6 is 0 Å². The van der Waals surface area contributed by atoms with Crippen molar-refractivity contribution in [1.82, 2.24) is 19.9 Å². The zero-order chi connectivity index (χ0) is 15.4. The normalized spacial score (nSPS) is 15.8. The summed E-state index contributed by atoms with van der Waals surface area (Å²) < 4.78 is 0. The average Bonchev–Trinajstić information content (AvgIpc) is 2.58. The maximum absolute atomic E-state index is 6.27. The number of rotatable bonds is 4. The minimum Gasteiger partial charge on any atom is -0.393 e. The van der Waals surface area contributed by atoms with Crippen LogP contribution in [0.2, 0.25) is 0 Å². The second-order valence-corrected chi connectivity index (χ2v) is 5.24. The molecule has 0 bridgehead atoms. The molecule has 3 N–H and O–H groups in total. The second kappa shape index (κ2) is 6.57. The Bertz CT molecular complexity index is 609. The third-order valence-electron chi connectivity index (χ3n) is 3.92. The summed E-state index contributed by atoms with van der Waals surface area (Å²) in [5.74, 6) is 1.44. The maximum Gasteiger partial charge on any atom is 0.159 e. The van der Waals surface area contributed by atoms with E-state index < -0.39 is 0 Å². The predicted octanol–water partition coefficient (Wildman–Crippen LogP) is 1.34. The number of nitrogen functional groups attached to an aromatic ring is 1. The first-order valence-electron chi connectivity index (χ1n) is 7.52. The van der Waals surface area contributed by atoms with Crippen molar-refractivity contribution in [3.63, 3.8) is 0 Å². The molecule has 1 aliphatic rings. The fourth-order valence-corrected chi connectivity index (χ4v) is 2.59. The summed E-state index contributed by atoms with van der Waals surface area (Å²) in [5.41, 5.74) is 7.76. The molecule has 0 atom stereocenters. The Hall–Kier alpha value is -2.41. The van der Waals surface area contributed by atoms with Gasteiger partial charge in [-0.3, -0.25) is 4.98 Å². The highest BCUT2D eigenvalue weighted by atomic mass is 15.3. The minimum absolute atomic E-state index is 0.587. The van der Waals surface area contributed by atoms with Gasteiger partial charge in [0.1, 0.15) is 12.0 Å². The Morgan fingerprint density at radius 1 is 1.14 bits per heavy atom. The standard InChI is InChI=1S/C15H21N7/c1-2-21-7-9-22(10-8-21)15-13(16)14(18-11-19-15)20-12-3-5-17-6-4-12/h3-6,11H,2,7-10,16H2,1H3,(H,17,18,19,20). The van der Waals surface area contributed by atoms with Crippen molar-refractivity contribution in [2.45, 2.75) is 6.92 Å². The SMILES string of the molecule is CCN1CCN(c2ncnc(Nc3ccncc3)c2N)CC1. The molecule has 22 heavy (non-hydrogen) atoms. The summed E-state index contributed by atoms with van der Waals surface area (Å²) in [6.45, 7) is 7.21. The summed E-state index contributed by atoms with van der Waals surface area (Å²) >= 11 is 0. The van der Waals surface area contributed by atoms with Crippen LogP contribution in [0.25, 0.3) is 0 Å². The summed E-state index contributed by atoms with van der Waals surface area (Å²) in [4.78, 5) is 17.3. The molecule has 1 fully saturated rings. The zero-order valence-electron chi connectivity index (χ0n) is 12.7. The van der Waals surface area contributed by atoms with Gasteiger partial charge in [0, 0.05) is 44.3 Å². The molecule has 1 aliphatic heterocycles. The van der Waals surface area contributed by atoms with Crippen LogP contribution in [0, 0.1) is 0 Å². The largest absolute Gasteiger partial charge is 0.393 e. The van der Waals surface area contributed by atoms with Crippen molar-refractivity contribution in [1.29, 1.82) is 0 Å². The lowest BCUT2D eigenvalue weighted by Crippen LogP contribution is -2.46. The van der Waals surface area contributed by atoms with Crippen LogP contribution < -0.4 is 16.0 Å². The fourth-order valence-electron chi connectivity index (χ4n) is 2.59. The summed E-state index contributed by atoms with van der Waals surface area (Å²) in [5, 5.41) is 3.22. The molecule has 0 aliphatic carbocycles. The molecule has 7 heteroatoms. The molecule has 0 unspecified atom stereocenters. The van der Waals surface area contributed by atoms with Gasteiger partial charge in [-0.25, -0.2) is 9.97 Å². The molecular weight excluding hydrogens is 278 g/mol. The van der Waals surface area contributed by atoms with Gasteiger partial charge in [0.15, 0.2) is 11.6 Å². The van der Waals surface area contributed by atoms with Crippen molar-refractivity contribution in [3.05, 3.63) is 30.9 Å². The van der Waals surface area contributed by atoms with Crippen molar-refractivity contribution in [2.75, 3.05) is 48.7 Å².